The van der Waals surface area contributed by atoms with Crippen LogP contribution in [0.5, 0.6) is 5.75 Å². The number of methoxy groups -OCH3 is 1. The lowest BCUT2D eigenvalue weighted by molar-refractivity contribution is 0.0749. The molecule has 2 aromatic rings. The van der Waals surface area contributed by atoms with Crippen LogP contribution < -0.4 is 14.5 Å². The molecule has 0 radical (unpaired) electrons. The van der Waals surface area contributed by atoms with Gasteiger partial charge >= 0.3 is 0 Å². The van der Waals surface area contributed by atoms with E-state index in [9.17, 15) is 4.79 Å². The lowest BCUT2D eigenvalue weighted by Crippen LogP contribution is -2.47. The van der Waals surface area contributed by atoms with Crippen LogP contribution in [0.4, 0.5) is 11.6 Å². The van der Waals surface area contributed by atoms with Gasteiger partial charge in [0.2, 0.25) is 5.95 Å². The fourth-order valence-corrected chi connectivity index (χ4v) is 3.67. The zero-order valence-corrected chi connectivity index (χ0v) is 17.7. The average molecular weight is 398 g/mol. The van der Waals surface area contributed by atoms with E-state index in [0.29, 0.717) is 11.6 Å². The van der Waals surface area contributed by atoms with Crippen molar-refractivity contribution in [1.29, 1.82) is 0 Å². The zero-order chi connectivity index (χ0) is 20.6. The first kappa shape index (κ1) is 20.9. The second-order valence-electron chi connectivity index (χ2n) is 7.18. The molecular formula is C22H31N5O2. The number of hydrogen-bond acceptors (Lipinski definition) is 6. The first-order valence-corrected chi connectivity index (χ1v) is 10.4. The molecule has 0 atom stereocenters. The Balaban J connectivity index is 1.68. The van der Waals surface area contributed by atoms with Crippen LogP contribution in [0.2, 0.25) is 0 Å². The maximum Gasteiger partial charge on any atom is 0.272 e. The first-order chi connectivity index (χ1) is 14.2. The van der Waals surface area contributed by atoms with Gasteiger partial charge < -0.3 is 19.4 Å². The molecule has 0 unspecified atom stereocenters. The van der Waals surface area contributed by atoms with Gasteiger partial charge in [-0.1, -0.05) is 26.0 Å². The highest BCUT2D eigenvalue weighted by atomic mass is 16.5. The maximum atomic E-state index is 12.9. The van der Waals surface area contributed by atoms with Gasteiger partial charge in [-0.05, 0) is 31.0 Å². The van der Waals surface area contributed by atoms with Crippen molar-refractivity contribution >= 4 is 17.5 Å². The number of hydrogen-bond donors (Lipinski definition) is 0. The number of para-hydroxylation sites is 2. The Morgan fingerprint density at radius 3 is 2.34 bits per heavy atom. The Bertz CT molecular complexity index is 799. The molecule has 1 aromatic heterocycles. The van der Waals surface area contributed by atoms with Crippen molar-refractivity contribution in [2.45, 2.75) is 26.7 Å². The third kappa shape index (κ3) is 4.96. The van der Waals surface area contributed by atoms with E-state index in [2.05, 4.69) is 39.7 Å². The van der Waals surface area contributed by atoms with E-state index in [0.717, 1.165) is 63.5 Å². The molecule has 7 nitrogen and oxygen atoms in total. The van der Waals surface area contributed by atoms with E-state index in [1.54, 1.807) is 19.4 Å². The third-order valence-electron chi connectivity index (χ3n) is 5.12. The Kier molecular flexibility index (Phi) is 7.27. The molecule has 1 aliphatic heterocycles. The number of aromatic nitrogens is 2. The molecule has 3 rings (SSSR count). The summed E-state index contributed by atoms with van der Waals surface area (Å²) in [6.07, 6.45) is 3.57. The van der Waals surface area contributed by atoms with E-state index in [1.807, 2.05) is 23.1 Å². The van der Waals surface area contributed by atoms with Crippen molar-refractivity contribution in [3.05, 3.63) is 42.2 Å². The maximum absolute atomic E-state index is 12.9. The first-order valence-electron chi connectivity index (χ1n) is 10.4. The Labute approximate surface area is 173 Å². The van der Waals surface area contributed by atoms with Crippen LogP contribution in [-0.2, 0) is 0 Å². The topological polar surface area (TPSA) is 61.8 Å². The van der Waals surface area contributed by atoms with Crippen molar-refractivity contribution in [2.75, 3.05) is 56.2 Å². The van der Waals surface area contributed by atoms with E-state index >= 15 is 0 Å². The van der Waals surface area contributed by atoms with E-state index in [-0.39, 0.29) is 5.91 Å². The van der Waals surface area contributed by atoms with Crippen LogP contribution in [-0.4, -0.2) is 67.2 Å². The fraction of sp³-hybridized carbons (Fsp3) is 0.500. The lowest BCUT2D eigenvalue weighted by Gasteiger charge is -2.36. The standard InChI is InChI=1S/C22H31N5O2/c1-4-12-26(13-5-2)21(28)18-10-11-23-22(24-18)27-16-14-25(15-17-27)19-8-6-7-9-20(19)29-3/h6-11H,4-5,12-17H2,1-3H3. The van der Waals surface area contributed by atoms with Crippen LogP contribution in [0.3, 0.4) is 0 Å². The molecule has 0 aliphatic carbocycles. The van der Waals surface area contributed by atoms with Crippen LogP contribution in [0.1, 0.15) is 37.2 Å². The Morgan fingerprint density at radius 1 is 1.03 bits per heavy atom. The highest BCUT2D eigenvalue weighted by Gasteiger charge is 2.23. The van der Waals surface area contributed by atoms with Gasteiger partial charge in [-0.25, -0.2) is 9.97 Å². The molecule has 1 saturated heterocycles. The molecule has 1 aliphatic rings. The van der Waals surface area contributed by atoms with E-state index < -0.39 is 0 Å². The minimum Gasteiger partial charge on any atom is -0.495 e. The number of carbonyl (C=O) groups is 1. The molecule has 0 saturated carbocycles. The normalized spacial score (nSPS) is 14.0. The minimum atomic E-state index is -0.00925. The van der Waals surface area contributed by atoms with Gasteiger partial charge in [-0.3, -0.25) is 4.79 Å². The summed E-state index contributed by atoms with van der Waals surface area (Å²) in [4.78, 5) is 28.2. The number of ether oxygens (including phenoxy) is 1. The molecule has 7 heteroatoms. The van der Waals surface area contributed by atoms with Crippen LogP contribution in [0.25, 0.3) is 0 Å². The zero-order valence-electron chi connectivity index (χ0n) is 17.7. The van der Waals surface area contributed by atoms with Gasteiger partial charge in [0.1, 0.15) is 11.4 Å². The summed E-state index contributed by atoms with van der Waals surface area (Å²) in [5, 5.41) is 0. The summed E-state index contributed by atoms with van der Waals surface area (Å²) in [5.74, 6) is 1.50. The smallest absolute Gasteiger partial charge is 0.272 e. The average Bonchev–Trinajstić information content (AvgIpc) is 2.78. The van der Waals surface area contributed by atoms with Gasteiger partial charge in [-0.2, -0.15) is 0 Å². The van der Waals surface area contributed by atoms with Crippen molar-refractivity contribution < 1.29 is 9.53 Å². The molecule has 29 heavy (non-hydrogen) atoms. The highest BCUT2D eigenvalue weighted by Crippen LogP contribution is 2.28. The van der Waals surface area contributed by atoms with Gasteiger partial charge in [0.05, 0.1) is 12.8 Å². The molecule has 1 fully saturated rings. The monoisotopic (exact) mass is 397 g/mol. The molecule has 1 aromatic carbocycles. The number of rotatable bonds is 8. The molecular weight excluding hydrogens is 366 g/mol. The molecule has 1 amide bonds. The van der Waals surface area contributed by atoms with Crippen molar-refractivity contribution in [2.24, 2.45) is 0 Å². The van der Waals surface area contributed by atoms with Crippen LogP contribution in [0, 0.1) is 0 Å². The highest BCUT2D eigenvalue weighted by molar-refractivity contribution is 5.92. The van der Waals surface area contributed by atoms with E-state index in [4.69, 9.17) is 4.74 Å². The number of benzene rings is 1. The van der Waals surface area contributed by atoms with Crippen molar-refractivity contribution in [3.63, 3.8) is 0 Å². The van der Waals surface area contributed by atoms with Gasteiger partial charge in [0, 0.05) is 45.5 Å². The summed E-state index contributed by atoms with van der Waals surface area (Å²) < 4.78 is 5.49. The number of carbonyl (C=O) groups excluding carboxylic acids is 1. The fourth-order valence-electron chi connectivity index (χ4n) is 3.67. The summed E-state index contributed by atoms with van der Waals surface area (Å²) in [5.41, 5.74) is 1.58. The summed E-state index contributed by atoms with van der Waals surface area (Å²) in [6.45, 7) is 8.96. The molecule has 2 heterocycles. The van der Waals surface area contributed by atoms with Crippen molar-refractivity contribution in [1.82, 2.24) is 14.9 Å². The van der Waals surface area contributed by atoms with E-state index in [1.165, 1.54) is 0 Å². The Morgan fingerprint density at radius 2 is 1.69 bits per heavy atom. The second kappa shape index (κ2) is 10.1. The summed E-state index contributed by atoms with van der Waals surface area (Å²) >= 11 is 0. The molecule has 0 spiro atoms. The number of piperazine rings is 1. The quantitative estimate of drug-likeness (QED) is 0.682. The Hall–Kier alpha value is -2.83. The number of amides is 1. The minimum absolute atomic E-state index is 0.00925. The molecule has 0 bridgehead atoms. The van der Waals surface area contributed by atoms with Crippen LogP contribution in [0.15, 0.2) is 36.5 Å². The van der Waals surface area contributed by atoms with Crippen LogP contribution >= 0.6 is 0 Å². The molecule has 156 valence electrons. The van der Waals surface area contributed by atoms with Gasteiger partial charge in [0.15, 0.2) is 0 Å². The predicted octanol–water partition coefficient (Wildman–Crippen LogP) is 3.07. The molecule has 0 N–H and O–H groups in total. The van der Waals surface area contributed by atoms with Gasteiger partial charge in [-0.15, -0.1) is 0 Å². The largest absolute Gasteiger partial charge is 0.495 e. The number of nitrogens with zero attached hydrogens (tertiary/aromatic N) is 5. The number of anilines is 2. The van der Waals surface area contributed by atoms with Gasteiger partial charge in [0.25, 0.3) is 5.91 Å². The third-order valence-corrected chi connectivity index (χ3v) is 5.12. The summed E-state index contributed by atoms with van der Waals surface area (Å²) in [6, 6.07) is 9.80. The van der Waals surface area contributed by atoms with Crippen molar-refractivity contribution in [3.8, 4) is 5.75 Å². The SMILES string of the molecule is CCCN(CCC)C(=O)c1ccnc(N2CCN(c3ccccc3OC)CC2)n1. The summed E-state index contributed by atoms with van der Waals surface area (Å²) in [7, 11) is 1.70. The second-order valence-corrected chi connectivity index (χ2v) is 7.18. The lowest BCUT2D eigenvalue weighted by atomic mass is 10.2. The predicted molar refractivity (Wildman–Crippen MR) is 116 cm³/mol.